The maximum atomic E-state index is 9.86. The molecule has 1 aliphatic rings. The second kappa shape index (κ2) is 12.1. The molecule has 3 nitrogen and oxygen atoms in total. The van der Waals surface area contributed by atoms with E-state index in [4.69, 9.17) is 9.47 Å². The molecule has 0 aromatic carbocycles. The number of aliphatic hydroxyl groups is 1. The summed E-state index contributed by atoms with van der Waals surface area (Å²) < 4.78 is 10.2. The lowest BCUT2D eigenvalue weighted by Gasteiger charge is -2.10. The first kappa shape index (κ1) is 17.4. The molecule has 1 unspecified atom stereocenters. The van der Waals surface area contributed by atoms with Gasteiger partial charge in [0.2, 0.25) is 6.79 Å². The van der Waals surface area contributed by atoms with E-state index in [1.807, 2.05) is 0 Å². The van der Waals surface area contributed by atoms with E-state index in [2.05, 4.69) is 6.92 Å². The molecule has 1 N–H and O–H groups in total. The number of hydrogen-bond acceptors (Lipinski definition) is 3. The highest BCUT2D eigenvalue weighted by atomic mass is 16.7. The first-order chi connectivity index (χ1) is 9.83. The maximum absolute atomic E-state index is 9.86. The van der Waals surface area contributed by atoms with Crippen LogP contribution in [0.4, 0.5) is 0 Å². The molecule has 0 spiro atoms. The van der Waals surface area contributed by atoms with Crippen molar-refractivity contribution < 1.29 is 14.6 Å². The van der Waals surface area contributed by atoms with Crippen molar-refractivity contribution in [3.8, 4) is 0 Å². The van der Waals surface area contributed by atoms with Crippen LogP contribution in [0.3, 0.4) is 0 Å². The summed E-state index contributed by atoms with van der Waals surface area (Å²) >= 11 is 0. The Morgan fingerprint density at radius 3 is 2.15 bits per heavy atom. The highest BCUT2D eigenvalue weighted by Gasteiger charge is 2.12. The van der Waals surface area contributed by atoms with Gasteiger partial charge in [-0.05, 0) is 6.42 Å². The van der Waals surface area contributed by atoms with Crippen LogP contribution in [0, 0.1) is 0 Å². The summed E-state index contributed by atoms with van der Waals surface area (Å²) in [5.74, 6) is 0.782. The molecule has 3 heteroatoms. The van der Waals surface area contributed by atoms with Crippen LogP contribution >= 0.6 is 0 Å². The molecular formula is C17H32O3. The Hall–Kier alpha value is -0.700. The van der Waals surface area contributed by atoms with E-state index in [0.29, 0.717) is 13.2 Å². The molecule has 0 amide bonds. The smallest absolute Gasteiger partial charge is 0.229 e. The van der Waals surface area contributed by atoms with E-state index in [9.17, 15) is 5.11 Å². The fraction of sp³-hybridized carbons (Fsp3) is 0.882. The quantitative estimate of drug-likeness (QED) is 0.489. The van der Waals surface area contributed by atoms with Gasteiger partial charge in [-0.15, -0.1) is 0 Å². The Balaban J connectivity index is 1.79. The van der Waals surface area contributed by atoms with Gasteiger partial charge in [0.25, 0.3) is 0 Å². The van der Waals surface area contributed by atoms with Gasteiger partial charge in [-0.1, -0.05) is 71.1 Å². The lowest BCUT2D eigenvalue weighted by Crippen LogP contribution is -2.07. The summed E-state index contributed by atoms with van der Waals surface area (Å²) in [5, 5.41) is 9.86. The van der Waals surface area contributed by atoms with E-state index in [-0.39, 0.29) is 6.10 Å². The molecule has 0 saturated heterocycles. The number of hydrogen-bond donors (Lipinski definition) is 1. The van der Waals surface area contributed by atoms with Crippen molar-refractivity contribution in [2.75, 3.05) is 6.79 Å². The second-order valence-electron chi connectivity index (χ2n) is 5.84. The number of rotatable bonds is 13. The van der Waals surface area contributed by atoms with Gasteiger partial charge in [-0.2, -0.15) is 0 Å². The van der Waals surface area contributed by atoms with Gasteiger partial charge in [0.1, 0.15) is 12.0 Å². The highest BCUT2D eigenvalue weighted by Crippen LogP contribution is 2.17. The monoisotopic (exact) mass is 284 g/mol. The summed E-state index contributed by atoms with van der Waals surface area (Å²) in [5.41, 5.74) is 0. The normalized spacial score (nSPS) is 15.6. The predicted molar refractivity (Wildman–Crippen MR) is 82.2 cm³/mol. The standard InChI is InChI=1S/C17H32O3/c1-2-3-4-5-6-7-8-9-10-11-12-16(18)13-17-14-19-15-20-17/h14,16,18H,2-13,15H2,1H3. The lowest BCUT2D eigenvalue weighted by molar-refractivity contribution is 0.0661. The third kappa shape index (κ3) is 9.24. The van der Waals surface area contributed by atoms with Crippen LogP contribution in [0.15, 0.2) is 12.0 Å². The Morgan fingerprint density at radius 2 is 1.60 bits per heavy atom. The zero-order chi connectivity index (χ0) is 14.5. The minimum absolute atomic E-state index is 0.281. The van der Waals surface area contributed by atoms with Crippen LogP contribution in [0.1, 0.15) is 84.0 Å². The number of aliphatic hydroxyl groups excluding tert-OH is 1. The molecule has 1 aliphatic heterocycles. The van der Waals surface area contributed by atoms with Gasteiger partial charge < -0.3 is 14.6 Å². The first-order valence-electron chi connectivity index (χ1n) is 8.44. The van der Waals surface area contributed by atoms with E-state index in [1.54, 1.807) is 6.26 Å². The molecule has 1 atom stereocenters. The molecule has 118 valence electrons. The van der Waals surface area contributed by atoms with Gasteiger partial charge in [-0.3, -0.25) is 0 Å². The molecule has 0 radical (unpaired) electrons. The van der Waals surface area contributed by atoms with Gasteiger partial charge in [0, 0.05) is 6.42 Å². The summed E-state index contributed by atoms with van der Waals surface area (Å²) in [4.78, 5) is 0. The van der Waals surface area contributed by atoms with Crippen LogP contribution in [-0.4, -0.2) is 18.0 Å². The van der Waals surface area contributed by atoms with Gasteiger partial charge in [-0.25, -0.2) is 0 Å². The Labute approximate surface area is 124 Å². The third-order valence-electron chi connectivity index (χ3n) is 3.85. The Kier molecular flexibility index (Phi) is 10.5. The Morgan fingerprint density at radius 1 is 1.00 bits per heavy atom. The maximum Gasteiger partial charge on any atom is 0.229 e. The molecule has 0 aromatic rings. The molecule has 0 fully saturated rings. The van der Waals surface area contributed by atoms with Crippen LogP contribution < -0.4 is 0 Å². The van der Waals surface area contributed by atoms with E-state index in [0.717, 1.165) is 18.6 Å². The largest absolute Gasteiger partial charge is 0.462 e. The van der Waals surface area contributed by atoms with Crippen molar-refractivity contribution >= 4 is 0 Å². The van der Waals surface area contributed by atoms with Gasteiger partial charge in [0.05, 0.1) is 6.10 Å². The summed E-state index contributed by atoms with van der Waals surface area (Å²) in [6.45, 7) is 2.57. The van der Waals surface area contributed by atoms with Crippen LogP contribution in [0.5, 0.6) is 0 Å². The van der Waals surface area contributed by atoms with Crippen LogP contribution in [0.25, 0.3) is 0 Å². The minimum atomic E-state index is -0.281. The van der Waals surface area contributed by atoms with Crippen molar-refractivity contribution in [3.05, 3.63) is 12.0 Å². The topological polar surface area (TPSA) is 38.7 Å². The van der Waals surface area contributed by atoms with Crippen LogP contribution in [-0.2, 0) is 9.47 Å². The summed E-state index contributed by atoms with van der Waals surface area (Å²) in [7, 11) is 0. The molecule has 20 heavy (non-hydrogen) atoms. The molecule has 0 aromatic heterocycles. The van der Waals surface area contributed by atoms with Gasteiger partial charge in [0.15, 0.2) is 0 Å². The van der Waals surface area contributed by atoms with Gasteiger partial charge >= 0.3 is 0 Å². The minimum Gasteiger partial charge on any atom is -0.462 e. The molecule has 0 saturated carbocycles. The second-order valence-corrected chi connectivity index (χ2v) is 5.84. The predicted octanol–water partition coefficient (Wildman–Crippen LogP) is 4.89. The zero-order valence-electron chi connectivity index (χ0n) is 13.1. The molecular weight excluding hydrogens is 252 g/mol. The summed E-state index contributed by atoms with van der Waals surface area (Å²) in [6, 6.07) is 0. The fourth-order valence-electron chi connectivity index (χ4n) is 2.58. The van der Waals surface area contributed by atoms with Crippen molar-refractivity contribution in [1.82, 2.24) is 0 Å². The van der Waals surface area contributed by atoms with Crippen molar-refractivity contribution in [2.45, 2.75) is 90.1 Å². The first-order valence-corrected chi connectivity index (χ1v) is 8.44. The average molecular weight is 284 g/mol. The molecule has 0 aliphatic carbocycles. The molecule has 1 rings (SSSR count). The zero-order valence-corrected chi connectivity index (χ0v) is 13.1. The third-order valence-corrected chi connectivity index (χ3v) is 3.85. The van der Waals surface area contributed by atoms with E-state index in [1.165, 1.54) is 57.8 Å². The SMILES string of the molecule is CCCCCCCCCCCCC(O)CC1=COCO1. The van der Waals surface area contributed by atoms with E-state index >= 15 is 0 Å². The highest BCUT2D eigenvalue weighted by molar-refractivity contribution is 4.92. The molecule has 0 bridgehead atoms. The summed E-state index contributed by atoms with van der Waals surface area (Å²) in [6.07, 6.45) is 16.1. The number of unbranched alkanes of at least 4 members (excludes halogenated alkanes) is 9. The van der Waals surface area contributed by atoms with Crippen molar-refractivity contribution in [2.24, 2.45) is 0 Å². The molecule has 1 heterocycles. The fourth-order valence-corrected chi connectivity index (χ4v) is 2.58. The van der Waals surface area contributed by atoms with Crippen molar-refractivity contribution in [3.63, 3.8) is 0 Å². The Bertz CT molecular complexity index is 251. The van der Waals surface area contributed by atoms with Crippen molar-refractivity contribution in [1.29, 1.82) is 0 Å². The van der Waals surface area contributed by atoms with Crippen LogP contribution in [0.2, 0.25) is 0 Å². The average Bonchev–Trinajstić information content (AvgIpc) is 2.93. The number of ether oxygens (including phenoxy) is 2. The van der Waals surface area contributed by atoms with E-state index < -0.39 is 0 Å². The lowest BCUT2D eigenvalue weighted by atomic mass is 10.0.